The Bertz CT molecular complexity index is 1150. The minimum atomic E-state index is -0.0390. The number of nitrogens with zero attached hydrogens (tertiary/aromatic N) is 2. The van der Waals surface area contributed by atoms with Gasteiger partial charge in [0.1, 0.15) is 7.05 Å². The Balaban J connectivity index is 0.00000256. The zero-order valence-electron chi connectivity index (χ0n) is 18.4. The number of hydrogen-bond acceptors (Lipinski definition) is 1. The maximum Gasteiger partial charge on any atom is 0.210 e. The van der Waals surface area contributed by atoms with Crippen LogP contribution in [0.2, 0.25) is 0 Å². The maximum atomic E-state index is 2.33. The molecule has 30 heavy (non-hydrogen) atoms. The molecule has 0 saturated carbocycles. The van der Waals surface area contributed by atoms with Gasteiger partial charge in [-0.05, 0) is 48.4 Å². The Morgan fingerprint density at radius 3 is 2.20 bits per heavy atom. The summed E-state index contributed by atoms with van der Waals surface area (Å²) in [4.78, 5) is 2.11. The molecule has 0 unspecified atom stereocenters. The van der Waals surface area contributed by atoms with E-state index in [0.717, 1.165) is 0 Å². The van der Waals surface area contributed by atoms with E-state index in [0.29, 0.717) is 0 Å². The summed E-state index contributed by atoms with van der Waals surface area (Å²) in [7, 11) is 6.30. The summed E-state index contributed by atoms with van der Waals surface area (Å²) in [6, 6.07) is 21.8. The highest BCUT2D eigenvalue weighted by atomic mass is 127. The number of halogens is 1. The monoisotopic (exact) mass is 508 g/mol. The first-order chi connectivity index (χ1) is 13.9. The zero-order chi connectivity index (χ0) is 20.6. The second-order valence-electron chi connectivity index (χ2n) is 8.45. The van der Waals surface area contributed by atoms with Crippen LogP contribution < -0.4 is 28.9 Å². The lowest BCUT2D eigenvalue weighted by molar-refractivity contribution is -0.401. The highest BCUT2D eigenvalue weighted by Gasteiger charge is 2.43. The van der Waals surface area contributed by atoms with E-state index >= 15 is 0 Å². The van der Waals surface area contributed by atoms with Crippen molar-refractivity contribution >= 4 is 33.9 Å². The Morgan fingerprint density at radius 1 is 0.833 bits per heavy atom. The lowest BCUT2D eigenvalue weighted by atomic mass is 9.79. The molecule has 0 saturated heterocycles. The number of fused-ring (bicyclic) bond motifs is 3. The van der Waals surface area contributed by atoms with Crippen LogP contribution in [-0.2, 0) is 5.41 Å². The van der Waals surface area contributed by atoms with Crippen LogP contribution in [0.5, 0.6) is 0 Å². The van der Waals surface area contributed by atoms with Crippen molar-refractivity contribution in [1.82, 2.24) is 0 Å². The molecule has 0 spiro atoms. The molecule has 3 heteroatoms. The SMILES string of the molecule is CN(C)c1ccc(/C=C/C=C/C2=[N+](C)c3ccc4ccccc4c3C2(C)C)cc1.[I-]. The molecule has 0 aliphatic carbocycles. The Hall–Kier alpha value is -2.40. The molecule has 4 rings (SSSR count). The fourth-order valence-corrected chi connectivity index (χ4v) is 4.39. The van der Waals surface area contributed by atoms with Gasteiger partial charge in [0.25, 0.3) is 0 Å². The number of allylic oxidation sites excluding steroid dienone is 3. The van der Waals surface area contributed by atoms with Gasteiger partial charge in [-0.3, -0.25) is 0 Å². The second-order valence-corrected chi connectivity index (χ2v) is 8.45. The lowest BCUT2D eigenvalue weighted by Crippen LogP contribution is -3.00. The molecule has 1 aliphatic heterocycles. The standard InChI is InChI=1S/C27H29N2.HI/c1-27(2)25(13-9-6-10-20-14-17-22(18-15-20)28(3)4)29(5)24-19-16-21-11-7-8-12-23(21)26(24)27;/h6-19H,1-5H3;1H/q+1;/p-1. The van der Waals surface area contributed by atoms with Crippen molar-refractivity contribution < 1.29 is 28.6 Å². The third-order valence-corrected chi connectivity index (χ3v) is 5.96. The van der Waals surface area contributed by atoms with Crippen LogP contribution >= 0.6 is 0 Å². The molecule has 3 aromatic rings. The molecule has 154 valence electrons. The highest BCUT2D eigenvalue weighted by molar-refractivity contribution is 6.07. The van der Waals surface area contributed by atoms with Gasteiger partial charge < -0.3 is 28.9 Å². The van der Waals surface area contributed by atoms with Gasteiger partial charge in [-0.2, -0.15) is 4.58 Å². The van der Waals surface area contributed by atoms with Crippen LogP contribution in [0.15, 0.2) is 78.9 Å². The van der Waals surface area contributed by atoms with E-state index in [1.807, 2.05) is 0 Å². The average Bonchev–Trinajstić information content (AvgIpc) is 2.91. The Morgan fingerprint density at radius 2 is 1.50 bits per heavy atom. The third-order valence-electron chi connectivity index (χ3n) is 5.96. The summed E-state index contributed by atoms with van der Waals surface area (Å²) in [6.45, 7) is 4.65. The van der Waals surface area contributed by atoms with Gasteiger partial charge in [-0.1, -0.05) is 54.6 Å². The molecular formula is C27H29IN2. The van der Waals surface area contributed by atoms with E-state index in [1.54, 1.807) is 0 Å². The van der Waals surface area contributed by atoms with Gasteiger partial charge in [0.2, 0.25) is 5.69 Å². The molecule has 0 N–H and O–H groups in total. The number of anilines is 1. The van der Waals surface area contributed by atoms with E-state index < -0.39 is 0 Å². The quantitative estimate of drug-likeness (QED) is 0.298. The normalized spacial score (nSPS) is 15.1. The van der Waals surface area contributed by atoms with Crippen molar-refractivity contribution in [2.75, 3.05) is 26.0 Å². The molecule has 0 fully saturated rings. The third kappa shape index (κ3) is 3.95. The predicted octanol–water partition coefficient (Wildman–Crippen LogP) is 3.19. The van der Waals surface area contributed by atoms with Gasteiger partial charge in [0.05, 0.1) is 5.41 Å². The molecule has 0 aromatic heterocycles. The minimum absolute atomic E-state index is 0. The van der Waals surface area contributed by atoms with E-state index in [2.05, 4.69) is 129 Å². The lowest BCUT2D eigenvalue weighted by Gasteiger charge is -2.17. The second kappa shape index (κ2) is 8.76. The van der Waals surface area contributed by atoms with Crippen molar-refractivity contribution in [3.05, 3.63) is 90.0 Å². The molecule has 2 nitrogen and oxygen atoms in total. The molecule has 1 heterocycles. The molecule has 3 aromatic carbocycles. The van der Waals surface area contributed by atoms with Crippen molar-refractivity contribution in [1.29, 1.82) is 0 Å². The summed E-state index contributed by atoms with van der Waals surface area (Å²) in [6.07, 6.45) is 8.69. The molecule has 1 aliphatic rings. The zero-order valence-corrected chi connectivity index (χ0v) is 20.5. The number of hydrogen-bond donors (Lipinski definition) is 0. The fourth-order valence-electron chi connectivity index (χ4n) is 4.39. The molecule has 0 bridgehead atoms. The van der Waals surface area contributed by atoms with Crippen molar-refractivity contribution in [2.24, 2.45) is 0 Å². The maximum absolute atomic E-state index is 2.33. The van der Waals surface area contributed by atoms with Gasteiger partial charge in [0, 0.05) is 37.5 Å². The Labute approximate surface area is 197 Å². The molecule has 0 atom stereocenters. The number of rotatable bonds is 4. The van der Waals surface area contributed by atoms with Crippen LogP contribution in [0.1, 0.15) is 25.0 Å². The number of benzene rings is 3. The Kier molecular flexibility index (Phi) is 6.51. The van der Waals surface area contributed by atoms with Gasteiger partial charge >= 0.3 is 0 Å². The smallest absolute Gasteiger partial charge is 0.210 e. The van der Waals surface area contributed by atoms with E-state index in [4.69, 9.17) is 0 Å². The predicted molar refractivity (Wildman–Crippen MR) is 127 cm³/mol. The summed E-state index contributed by atoms with van der Waals surface area (Å²) < 4.78 is 2.33. The highest BCUT2D eigenvalue weighted by Crippen LogP contribution is 2.43. The van der Waals surface area contributed by atoms with Crippen LogP contribution in [0.4, 0.5) is 11.4 Å². The van der Waals surface area contributed by atoms with E-state index in [1.165, 1.54) is 39.0 Å². The van der Waals surface area contributed by atoms with Crippen molar-refractivity contribution in [3.8, 4) is 0 Å². The summed E-state index contributed by atoms with van der Waals surface area (Å²) in [5.41, 5.74) is 6.42. The summed E-state index contributed by atoms with van der Waals surface area (Å²) in [5.74, 6) is 0. The van der Waals surface area contributed by atoms with E-state index in [9.17, 15) is 0 Å². The van der Waals surface area contributed by atoms with Crippen LogP contribution in [0.25, 0.3) is 16.8 Å². The van der Waals surface area contributed by atoms with Crippen molar-refractivity contribution in [3.63, 3.8) is 0 Å². The first kappa shape index (κ1) is 22.3. The van der Waals surface area contributed by atoms with Gasteiger partial charge in [0.15, 0.2) is 5.71 Å². The van der Waals surface area contributed by atoms with E-state index in [-0.39, 0.29) is 29.4 Å². The van der Waals surface area contributed by atoms with Crippen LogP contribution in [-0.4, -0.2) is 31.4 Å². The van der Waals surface area contributed by atoms with Gasteiger partial charge in [-0.15, -0.1) is 0 Å². The largest absolute Gasteiger partial charge is 1.00 e. The average molecular weight is 508 g/mol. The molecule has 0 amide bonds. The van der Waals surface area contributed by atoms with Crippen molar-refractivity contribution in [2.45, 2.75) is 19.3 Å². The fraction of sp³-hybridized carbons (Fsp3) is 0.222. The summed E-state index contributed by atoms with van der Waals surface area (Å²) in [5, 5.41) is 2.65. The first-order valence-corrected chi connectivity index (χ1v) is 10.1. The minimum Gasteiger partial charge on any atom is -1.00 e. The molecular weight excluding hydrogens is 479 g/mol. The van der Waals surface area contributed by atoms with Crippen LogP contribution in [0.3, 0.4) is 0 Å². The van der Waals surface area contributed by atoms with Gasteiger partial charge in [-0.25, -0.2) is 0 Å². The first-order valence-electron chi connectivity index (χ1n) is 10.1. The summed E-state index contributed by atoms with van der Waals surface area (Å²) >= 11 is 0. The molecule has 0 radical (unpaired) electrons. The van der Waals surface area contributed by atoms with Crippen LogP contribution in [0, 0.1) is 0 Å². The topological polar surface area (TPSA) is 6.25 Å².